The highest BCUT2D eigenvalue weighted by atomic mass is 32.2. The Morgan fingerprint density at radius 1 is 1.06 bits per heavy atom. The second kappa shape index (κ2) is 11.2. The van der Waals surface area contributed by atoms with Crippen LogP contribution in [0.1, 0.15) is 12.5 Å². The minimum absolute atomic E-state index is 0.0759. The Balaban J connectivity index is 1.81. The first-order valence-electron chi connectivity index (χ1n) is 10.4. The molecule has 0 bridgehead atoms. The molecule has 1 heterocycles. The topological polar surface area (TPSA) is 103 Å². The number of carbonyl (C=O) groups is 1. The van der Waals surface area contributed by atoms with E-state index < -0.39 is 15.9 Å². The third-order valence-electron chi connectivity index (χ3n) is 4.95. The molecule has 3 rings (SSSR count). The molecular formula is C23H28N2O7S. The van der Waals surface area contributed by atoms with Crippen LogP contribution in [-0.4, -0.2) is 65.8 Å². The summed E-state index contributed by atoms with van der Waals surface area (Å²) in [7, 11) is -0.640. The number of nitrogens with one attached hydrogen (secondary N) is 1. The van der Waals surface area contributed by atoms with Gasteiger partial charge < -0.3 is 24.3 Å². The van der Waals surface area contributed by atoms with Gasteiger partial charge in [0.25, 0.3) is 0 Å². The van der Waals surface area contributed by atoms with Crippen molar-refractivity contribution in [2.75, 3.05) is 52.4 Å². The summed E-state index contributed by atoms with van der Waals surface area (Å²) in [5, 5.41) is 2.72. The Morgan fingerprint density at radius 2 is 1.76 bits per heavy atom. The minimum atomic E-state index is -3.72. The van der Waals surface area contributed by atoms with Gasteiger partial charge in [0, 0.05) is 19.2 Å². The number of hydrogen-bond acceptors (Lipinski definition) is 7. The van der Waals surface area contributed by atoms with Crippen molar-refractivity contribution in [1.82, 2.24) is 4.31 Å². The van der Waals surface area contributed by atoms with Crippen LogP contribution in [0, 0.1) is 0 Å². The van der Waals surface area contributed by atoms with Crippen LogP contribution in [0.15, 0.2) is 47.4 Å². The first kappa shape index (κ1) is 24.6. The second-order valence-corrected chi connectivity index (χ2v) is 8.98. The molecule has 0 saturated carbocycles. The fraction of sp³-hybridized carbons (Fsp3) is 0.348. The quantitative estimate of drug-likeness (QED) is 0.555. The number of anilines is 1. The van der Waals surface area contributed by atoms with Crippen LogP contribution >= 0.6 is 0 Å². The summed E-state index contributed by atoms with van der Waals surface area (Å²) in [6, 6.07) is 9.70. The Labute approximate surface area is 193 Å². The molecule has 1 amide bonds. The lowest BCUT2D eigenvalue weighted by atomic mass is 10.2. The molecule has 0 aromatic heterocycles. The molecule has 178 valence electrons. The number of sulfonamides is 1. The van der Waals surface area contributed by atoms with Gasteiger partial charge in [-0.05, 0) is 48.9 Å². The lowest BCUT2D eigenvalue weighted by Gasteiger charge is -2.26. The van der Waals surface area contributed by atoms with E-state index in [1.807, 2.05) is 0 Å². The zero-order chi connectivity index (χ0) is 23.8. The molecule has 1 saturated heterocycles. The lowest BCUT2D eigenvalue weighted by molar-refractivity contribution is -0.111. The van der Waals surface area contributed by atoms with Crippen molar-refractivity contribution in [2.45, 2.75) is 11.8 Å². The van der Waals surface area contributed by atoms with Gasteiger partial charge in [0.2, 0.25) is 15.9 Å². The number of benzene rings is 2. The van der Waals surface area contributed by atoms with Crippen molar-refractivity contribution in [3.63, 3.8) is 0 Å². The monoisotopic (exact) mass is 476 g/mol. The Kier molecular flexibility index (Phi) is 8.32. The minimum Gasteiger partial charge on any atom is -0.493 e. The van der Waals surface area contributed by atoms with Gasteiger partial charge in [-0.3, -0.25) is 4.79 Å². The number of hydrogen-bond donors (Lipinski definition) is 1. The molecule has 2 aromatic carbocycles. The molecule has 1 aliphatic heterocycles. The van der Waals surface area contributed by atoms with Gasteiger partial charge >= 0.3 is 0 Å². The van der Waals surface area contributed by atoms with E-state index >= 15 is 0 Å². The first-order chi connectivity index (χ1) is 15.9. The first-order valence-corrected chi connectivity index (χ1v) is 11.9. The summed E-state index contributed by atoms with van der Waals surface area (Å²) in [5.74, 6) is 1.07. The largest absolute Gasteiger partial charge is 0.493 e. The number of methoxy groups -OCH3 is 2. The summed E-state index contributed by atoms with van der Waals surface area (Å²) in [6.45, 7) is 3.43. The van der Waals surface area contributed by atoms with E-state index in [1.54, 1.807) is 44.4 Å². The van der Waals surface area contributed by atoms with Gasteiger partial charge in [0.1, 0.15) is 5.75 Å². The molecule has 0 spiro atoms. The number of amides is 1. The maximum absolute atomic E-state index is 13.0. The molecule has 9 nitrogen and oxygen atoms in total. The van der Waals surface area contributed by atoms with Crippen molar-refractivity contribution in [2.24, 2.45) is 0 Å². The summed E-state index contributed by atoms with van der Waals surface area (Å²) in [4.78, 5) is 12.7. The maximum atomic E-state index is 13.0. The van der Waals surface area contributed by atoms with Gasteiger partial charge in [0.15, 0.2) is 11.5 Å². The molecule has 1 fully saturated rings. The molecule has 0 aliphatic carbocycles. The van der Waals surface area contributed by atoms with Crippen molar-refractivity contribution in [3.05, 3.63) is 48.0 Å². The highest BCUT2D eigenvalue weighted by molar-refractivity contribution is 7.89. The van der Waals surface area contributed by atoms with E-state index in [1.165, 1.54) is 29.6 Å². The predicted octanol–water partition coefficient (Wildman–Crippen LogP) is 2.78. The third kappa shape index (κ3) is 6.04. The molecule has 1 aliphatic rings. The molecule has 10 heteroatoms. The zero-order valence-corrected chi connectivity index (χ0v) is 19.7. The van der Waals surface area contributed by atoms with Crippen molar-refractivity contribution < 1.29 is 32.2 Å². The standard InChI is InChI=1S/C23H28N2O7S/c1-4-32-20-9-7-18(33(27,28)25-11-13-31-14-12-25)16-19(20)24-23(26)10-6-17-5-8-21(29-2)22(15-17)30-3/h5-10,15-16H,4,11-14H2,1-3H3,(H,24,26)/b10-6+. The molecule has 0 unspecified atom stereocenters. The molecule has 2 aromatic rings. The van der Waals surface area contributed by atoms with Gasteiger partial charge in [-0.25, -0.2) is 8.42 Å². The lowest BCUT2D eigenvalue weighted by Crippen LogP contribution is -2.40. The van der Waals surface area contributed by atoms with Gasteiger partial charge in [-0.2, -0.15) is 4.31 Å². The van der Waals surface area contributed by atoms with E-state index in [-0.39, 0.29) is 23.7 Å². The van der Waals surface area contributed by atoms with Crippen LogP contribution in [0.2, 0.25) is 0 Å². The maximum Gasteiger partial charge on any atom is 0.248 e. The second-order valence-electron chi connectivity index (χ2n) is 7.04. The summed E-state index contributed by atoms with van der Waals surface area (Å²) in [6.07, 6.45) is 2.96. The number of carbonyl (C=O) groups excluding carboxylic acids is 1. The Hall–Kier alpha value is -3.08. The fourth-order valence-electron chi connectivity index (χ4n) is 3.29. The number of ether oxygens (including phenoxy) is 4. The molecule has 33 heavy (non-hydrogen) atoms. The van der Waals surface area contributed by atoms with E-state index in [0.29, 0.717) is 37.1 Å². The average molecular weight is 477 g/mol. The Bertz CT molecular complexity index is 1110. The predicted molar refractivity (Wildman–Crippen MR) is 124 cm³/mol. The third-order valence-corrected chi connectivity index (χ3v) is 6.85. The molecule has 0 atom stereocenters. The number of nitrogens with zero attached hydrogens (tertiary/aromatic N) is 1. The smallest absolute Gasteiger partial charge is 0.248 e. The summed E-state index contributed by atoms with van der Waals surface area (Å²) in [5.41, 5.74) is 1.00. The van der Waals surface area contributed by atoms with Gasteiger partial charge in [-0.15, -0.1) is 0 Å². The zero-order valence-electron chi connectivity index (χ0n) is 18.9. The number of rotatable bonds is 9. The normalized spacial score (nSPS) is 14.8. The molecular weight excluding hydrogens is 448 g/mol. The van der Waals surface area contributed by atoms with Crippen LogP contribution in [0.3, 0.4) is 0 Å². The van der Waals surface area contributed by atoms with Crippen LogP contribution < -0.4 is 19.5 Å². The fourth-order valence-corrected chi connectivity index (χ4v) is 4.72. The highest BCUT2D eigenvalue weighted by Gasteiger charge is 2.27. The van der Waals surface area contributed by atoms with Crippen LogP contribution in [0.5, 0.6) is 17.2 Å². The van der Waals surface area contributed by atoms with E-state index in [4.69, 9.17) is 18.9 Å². The van der Waals surface area contributed by atoms with Crippen LogP contribution in [-0.2, 0) is 19.6 Å². The summed E-state index contributed by atoms with van der Waals surface area (Å²) >= 11 is 0. The Morgan fingerprint density at radius 3 is 2.42 bits per heavy atom. The number of morpholine rings is 1. The van der Waals surface area contributed by atoms with E-state index in [9.17, 15) is 13.2 Å². The molecule has 0 radical (unpaired) electrons. The van der Waals surface area contributed by atoms with Crippen molar-refractivity contribution in [3.8, 4) is 17.2 Å². The average Bonchev–Trinajstić information content (AvgIpc) is 2.84. The van der Waals surface area contributed by atoms with Gasteiger partial charge in [0.05, 0.1) is 44.6 Å². The van der Waals surface area contributed by atoms with Crippen LogP contribution in [0.4, 0.5) is 5.69 Å². The summed E-state index contributed by atoms with van der Waals surface area (Å²) < 4.78 is 48.7. The van der Waals surface area contributed by atoms with Crippen molar-refractivity contribution in [1.29, 1.82) is 0 Å². The van der Waals surface area contributed by atoms with E-state index in [2.05, 4.69) is 5.32 Å². The van der Waals surface area contributed by atoms with E-state index in [0.717, 1.165) is 5.56 Å². The highest BCUT2D eigenvalue weighted by Crippen LogP contribution is 2.30. The van der Waals surface area contributed by atoms with Crippen LogP contribution in [0.25, 0.3) is 6.08 Å². The molecule has 1 N–H and O–H groups in total. The van der Waals surface area contributed by atoms with Crippen molar-refractivity contribution >= 4 is 27.7 Å². The van der Waals surface area contributed by atoms with Gasteiger partial charge in [-0.1, -0.05) is 6.07 Å². The SMILES string of the molecule is CCOc1ccc(S(=O)(=O)N2CCOCC2)cc1NC(=O)/C=C/c1ccc(OC)c(OC)c1.